The van der Waals surface area contributed by atoms with Gasteiger partial charge in [0.25, 0.3) is 5.91 Å². The molecule has 4 amide bonds. The van der Waals surface area contributed by atoms with Gasteiger partial charge in [-0.2, -0.15) is 0 Å². The van der Waals surface area contributed by atoms with Crippen LogP contribution in [0.25, 0.3) is 0 Å². The van der Waals surface area contributed by atoms with Crippen molar-refractivity contribution < 1.29 is 23.9 Å². The first kappa shape index (κ1) is 23.9. The Morgan fingerprint density at radius 2 is 1.52 bits per heavy atom. The van der Waals surface area contributed by atoms with Gasteiger partial charge >= 0.3 is 6.09 Å². The lowest BCUT2D eigenvalue weighted by Gasteiger charge is -2.21. The summed E-state index contributed by atoms with van der Waals surface area (Å²) in [6.45, 7) is 8.90. The Balaban J connectivity index is 2.92. The molecule has 1 aromatic carbocycles. The third kappa shape index (κ3) is 9.59. The van der Waals surface area contributed by atoms with Crippen LogP contribution in [0.2, 0.25) is 0 Å². The summed E-state index contributed by atoms with van der Waals surface area (Å²) in [7, 11) is 0. The molecular weight excluding hydrogens is 376 g/mol. The van der Waals surface area contributed by atoms with Gasteiger partial charge in [-0.15, -0.1) is 0 Å². The molecule has 9 heteroatoms. The molecule has 0 unspecified atom stereocenters. The van der Waals surface area contributed by atoms with E-state index in [0.717, 1.165) is 0 Å². The summed E-state index contributed by atoms with van der Waals surface area (Å²) in [5.74, 6) is -0.699. The molecule has 0 saturated heterocycles. The average molecular weight is 406 g/mol. The quantitative estimate of drug-likeness (QED) is 0.501. The minimum absolute atomic E-state index is 0.204. The number of carbonyl (C=O) groups excluding carboxylic acids is 4. The van der Waals surface area contributed by atoms with Crippen LogP contribution in [0.3, 0.4) is 0 Å². The van der Waals surface area contributed by atoms with Crippen molar-refractivity contribution in [1.29, 1.82) is 0 Å². The summed E-state index contributed by atoms with van der Waals surface area (Å²) in [5.41, 5.74) is 1.04. The van der Waals surface area contributed by atoms with Crippen LogP contribution in [0.15, 0.2) is 18.2 Å². The fourth-order valence-corrected chi connectivity index (χ4v) is 2.73. The molecule has 1 aromatic rings. The lowest BCUT2D eigenvalue weighted by atomic mass is 10.0. The number of ether oxygens (including phenoxy) is 1. The van der Waals surface area contributed by atoms with Crippen LogP contribution in [-0.4, -0.2) is 43.0 Å². The fourth-order valence-electron chi connectivity index (χ4n) is 2.73. The van der Waals surface area contributed by atoms with Gasteiger partial charge in [0.1, 0.15) is 0 Å². The monoisotopic (exact) mass is 406 g/mol. The molecule has 1 atom stereocenters. The average Bonchev–Trinajstić information content (AvgIpc) is 2.57. The van der Waals surface area contributed by atoms with Crippen molar-refractivity contribution in [2.24, 2.45) is 5.92 Å². The highest BCUT2D eigenvalue weighted by molar-refractivity contribution is 5.99. The van der Waals surface area contributed by atoms with E-state index in [9.17, 15) is 19.2 Å². The molecule has 4 N–H and O–H groups in total. The Hall–Kier alpha value is -3.10. The normalized spacial score (nSPS) is 11.4. The number of hydrogen-bond acceptors (Lipinski definition) is 5. The van der Waals surface area contributed by atoms with E-state index in [1.54, 1.807) is 13.0 Å². The van der Waals surface area contributed by atoms with E-state index >= 15 is 0 Å². The molecule has 0 bridgehead atoms. The fraction of sp³-hybridized carbons (Fsp3) is 0.500. The maximum absolute atomic E-state index is 12.6. The number of anilines is 2. The third-order valence-corrected chi connectivity index (χ3v) is 3.70. The summed E-state index contributed by atoms with van der Waals surface area (Å²) in [4.78, 5) is 47.1. The molecule has 1 rings (SSSR count). The zero-order chi connectivity index (χ0) is 22.0. The van der Waals surface area contributed by atoms with E-state index in [-0.39, 0.29) is 36.6 Å². The van der Waals surface area contributed by atoms with Gasteiger partial charge in [-0.25, -0.2) is 4.79 Å². The maximum Gasteiger partial charge on any atom is 0.407 e. The molecule has 0 fully saturated rings. The number of carbonyl (C=O) groups is 4. The smallest absolute Gasteiger partial charge is 0.407 e. The first-order chi connectivity index (χ1) is 13.6. The third-order valence-electron chi connectivity index (χ3n) is 3.70. The van der Waals surface area contributed by atoms with Gasteiger partial charge in [-0.3, -0.25) is 14.4 Å². The van der Waals surface area contributed by atoms with Crippen molar-refractivity contribution in [3.05, 3.63) is 23.8 Å². The van der Waals surface area contributed by atoms with Gasteiger partial charge in [0.05, 0.1) is 6.61 Å². The molecule has 9 nitrogen and oxygen atoms in total. The van der Waals surface area contributed by atoms with Crippen molar-refractivity contribution >= 4 is 35.2 Å². The van der Waals surface area contributed by atoms with Crippen molar-refractivity contribution in [1.82, 2.24) is 10.6 Å². The Kier molecular flexibility index (Phi) is 9.64. The zero-order valence-electron chi connectivity index (χ0n) is 17.5. The minimum Gasteiger partial charge on any atom is -0.450 e. The Labute approximate surface area is 170 Å². The Morgan fingerprint density at radius 3 is 1.97 bits per heavy atom. The predicted octanol–water partition coefficient (Wildman–Crippen LogP) is 2.49. The summed E-state index contributed by atoms with van der Waals surface area (Å²) >= 11 is 0. The molecule has 0 saturated carbocycles. The highest BCUT2D eigenvalue weighted by Crippen LogP contribution is 2.19. The molecule has 0 aliphatic rings. The van der Waals surface area contributed by atoms with Crippen molar-refractivity contribution in [2.75, 3.05) is 23.8 Å². The number of hydrogen-bond donors (Lipinski definition) is 4. The van der Waals surface area contributed by atoms with E-state index in [1.165, 1.54) is 26.0 Å². The first-order valence-corrected chi connectivity index (χ1v) is 9.52. The highest BCUT2D eigenvalue weighted by Gasteiger charge is 2.17. The molecule has 0 aliphatic carbocycles. The second kappa shape index (κ2) is 11.7. The van der Waals surface area contributed by atoms with Gasteiger partial charge in [-0.1, -0.05) is 13.8 Å². The molecule has 0 aliphatic heterocycles. The van der Waals surface area contributed by atoms with Crippen LogP contribution in [0.1, 0.15) is 51.4 Å². The molecule has 160 valence electrons. The second-order valence-corrected chi connectivity index (χ2v) is 7.06. The van der Waals surface area contributed by atoms with Crippen molar-refractivity contribution in [2.45, 2.75) is 47.1 Å². The Bertz CT molecular complexity index is 714. The second-order valence-electron chi connectivity index (χ2n) is 7.06. The predicted molar refractivity (Wildman–Crippen MR) is 111 cm³/mol. The lowest BCUT2D eigenvalue weighted by molar-refractivity contribution is -0.115. The molecule has 0 aromatic heterocycles. The molecule has 0 heterocycles. The SMILES string of the molecule is CCOC(=O)N[C@H](CNC(=O)c1cc(NC(C)=O)cc(NC(C)=O)c1)CC(C)C. The zero-order valence-corrected chi connectivity index (χ0v) is 17.5. The largest absolute Gasteiger partial charge is 0.450 e. The van der Waals surface area contributed by atoms with Gasteiger partial charge in [0.15, 0.2) is 0 Å². The van der Waals surface area contributed by atoms with Crippen LogP contribution in [0, 0.1) is 5.92 Å². The number of nitrogens with one attached hydrogen (secondary N) is 4. The van der Waals surface area contributed by atoms with E-state index in [1.807, 2.05) is 13.8 Å². The lowest BCUT2D eigenvalue weighted by Crippen LogP contribution is -2.44. The summed E-state index contributed by atoms with van der Waals surface area (Å²) in [6, 6.07) is 4.28. The summed E-state index contributed by atoms with van der Waals surface area (Å²) in [5, 5.41) is 10.7. The molecule has 0 radical (unpaired) electrons. The van der Waals surface area contributed by atoms with Crippen molar-refractivity contribution in [3.63, 3.8) is 0 Å². The number of amides is 4. The summed E-state index contributed by atoms with van der Waals surface area (Å²) in [6.07, 6.45) is 0.121. The number of benzene rings is 1. The first-order valence-electron chi connectivity index (χ1n) is 9.52. The van der Waals surface area contributed by atoms with Crippen molar-refractivity contribution in [3.8, 4) is 0 Å². The molecule has 29 heavy (non-hydrogen) atoms. The van der Waals surface area contributed by atoms with Gasteiger partial charge in [0, 0.05) is 43.4 Å². The van der Waals surface area contributed by atoms with Crippen LogP contribution < -0.4 is 21.3 Å². The van der Waals surface area contributed by atoms with Crippen LogP contribution >= 0.6 is 0 Å². The number of alkyl carbamates (subject to hydrolysis) is 1. The van der Waals surface area contributed by atoms with E-state index in [0.29, 0.717) is 23.7 Å². The van der Waals surface area contributed by atoms with E-state index < -0.39 is 12.0 Å². The van der Waals surface area contributed by atoms with E-state index in [4.69, 9.17) is 4.74 Å². The van der Waals surface area contributed by atoms with Gasteiger partial charge in [-0.05, 0) is 37.5 Å². The van der Waals surface area contributed by atoms with Gasteiger partial charge < -0.3 is 26.0 Å². The van der Waals surface area contributed by atoms with Gasteiger partial charge in [0.2, 0.25) is 11.8 Å². The van der Waals surface area contributed by atoms with Crippen LogP contribution in [-0.2, 0) is 14.3 Å². The van der Waals surface area contributed by atoms with E-state index in [2.05, 4.69) is 21.3 Å². The summed E-state index contributed by atoms with van der Waals surface area (Å²) < 4.78 is 4.91. The standard InChI is InChI=1S/C20H30N4O5/c1-6-29-20(28)24-18(7-12(2)3)11-21-19(27)15-8-16(22-13(4)25)10-17(9-15)23-14(5)26/h8-10,12,18H,6-7,11H2,1-5H3,(H,21,27)(H,22,25)(H,23,26)(H,24,28)/t18-/m0/s1. The molecular formula is C20H30N4O5. The highest BCUT2D eigenvalue weighted by atomic mass is 16.5. The van der Waals surface area contributed by atoms with Crippen LogP contribution in [0.5, 0.6) is 0 Å². The van der Waals surface area contributed by atoms with Crippen LogP contribution in [0.4, 0.5) is 16.2 Å². The Morgan fingerprint density at radius 1 is 0.966 bits per heavy atom. The maximum atomic E-state index is 12.6. The topological polar surface area (TPSA) is 126 Å². The molecule has 0 spiro atoms. The number of rotatable bonds is 9. The minimum atomic E-state index is -0.534.